The molecule has 1 N–H and O–H groups in total. The number of nitrogens with one attached hydrogen (secondary N) is 1. The van der Waals surface area contributed by atoms with E-state index in [4.69, 9.17) is 9.47 Å². The number of nitro groups is 1. The number of nitrogens with zero attached hydrogens (tertiary/aromatic N) is 1. The Morgan fingerprint density at radius 3 is 2.71 bits per heavy atom. The first-order chi connectivity index (χ1) is 10.0. The summed E-state index contributed by atoms with van der Waals surface area (Å²) < 4.78 is 10.7. The number of non-ortho nitro benzene ring substituents is 1. The van der Waals surface area contributed by atoms with Gasteiger partial charge in [0.1, 0.15) is 5.75 Å². The molecule has 6 nitrogen and oxygen atoms in total. The number of methoxy groups -OCH3 is 1. The minimum absolute atomic E-state index is 0.0702. The highest BCUT2D eigenvalue weighted by Gasteiger charge is 2.10. The van der Waals surface area contributed by atoms with Gasteiger partial charge in [-0.3, -0.25) is 10.1 Å². The Balaban J connectivity index is 2.36. The topological polar surface area (TPSA) is 73.6 Å². The van der Waals surface area contributed by atoms with Gasteiger partial charge in [0.2, 0.25) is 0 Å². The summed E-state index contributed by atoms with van der Waals surface area (Å²) >= 11 is 0. The van der Waals surface area contributed by atoms with E-state index in [1.165, 1.54) is 12.1 Å². The molecule has 1 rings (SSSR count). The molecule has 0 bridgehead atoms. The molecular formula is C15H24N2O4. The zero-order chi connectivity index (χ0) is 15.7. The fraction of sp³-hybridized carbons (Fsp3) is 0.600. The van der Waals surface area contributed by atoms with Crippen LogP contribution in [0.1, 0.15) is 25.8 Å². The number of ether oxygens (including phenoxy) is 2. The van der Waals surface area contributed by atoms with Crippen molar-refractivity contribution in [1.82, 2.24) is 5.32 Å². The van der Waals surface area contributed by atoms with Crippen molar-refractivity contribution in [2.45, 2.75) is 26.8 Å². The Labute approximate surface area is 125 Å². The lowest BCUT2D eigenvalue weighted by atomic mass is 10.1. The van der Waals surface area contributed by atoms with E-state index in [9.17, 15) is 10.1 Å². The van der Waals surface area contributed by atoms with E-state index < -0.39 is 4.92 Å². The fourth-order valence-electron chi connectivity index (χ4n) is 1.81. The monoisotopic (exact) mass is 296 g/mol. The molecule has 0 aromatic heterocycles. The van der Waals surface area contributed by atoms with E-state index in [0.717, 1.165) is 18.6 Å². The maximum atomic E-state index is 10.8. The molecule has 0 aliphatic carbocycles. The van der Waals surface area contributed by atoms with Crippen molar-refractivity contribution in [3.63, 3.8) is 0 Å². The molecule has 0 unspecified atom stereocenters. The molecular weight excluding hydrogens is 272 g/mol. The average Bonchev–Trinajstić information content (AvgIpc) is 2.45. The first-order valence-corrected chi connectivity index (χ1v) is 7.14. The number of hydrogen-bond donors (Lipinski definition) is 1. The van der Waals surface area contributed by atoms with E-state index in [1.807, 2.05) is 0 Å². The van der Waals surface area contributed by atoms with Crippen molar-refractivity contribution in [2.24, 2.45) is 5.92 Å². The zero-order valence-corrected chi connectivity index (χ0v) is 12.9. The van der Waals surface area contributed by atoms with Gasteiger partial charge in [0.15, 0.2) is 0 Å². The van der Waals surface area contributed by atoms with Crippen molar-refractivity contribution in [2.75, 3.05) is 26.9 Å². The summed E-state index contributed by atoms with van der Waals surface area (Å²) in [6, 6.07) is 4.59. The first-order valence-electron chi connectivity index (χ1n) is 7.14. The predicted molar refractivity (Wildman–Crippen MR) is 81.6 cm³/mol. The van der Waals surface area contributed by atoms with Crippen molar-refractivity contribution in [3.8, 4) is 5.75 Å². The smallest absolute Gasteiger partial charge is 0.270 e. The van der Waals surface area contributed by atoms with Gasteiger partial charge in [-0.05, 0) is 18.4 Å². The molecule has 0 radical (unpaired) electrons. The molecule has 1 aromatic rings. The van der Waals surface area contributed by atoms with Gasteiger partial charge in [0.05, 0.1) is 18.6 Å². The van der Waals surface area contributed by atoms with Crippen molar-refractivity contribution < 1.29 is 14.4 Å². The van der Waals surface area contributed by atoms with Crippen LogP contribution in [0.25, 0.3) is 0 Å². The number of hydrogen-bond acceptors (Lipinski definition) is 5. The van der Waals surface area contributed by atoms with Gasteiger partial charge < -0.3 is 14.8 Å². The molecule has 0 saturated heterocycles. The minimum atomic E-state index is -0.405. The molecule has 6 heteroatoms. The van der Waals surface area contributed by atoms with Gasteiger partial charge in [-0.25, -0.2) is 0 Å². The van der Waals surface area contributed by atoms with Crippen molar-refractivity contribution in [1.29, 1.82) is 0 Å². The maximum Gasteiger partial charge on any atom is 0.270 e. The summed E-state index contributed by atoms with van der Waals surface area (Å²) in [4.78, 5) is 10.4. The molecule has 0 amide bonds. The summed E-state index contributed by atoms with van der Waals surface area (Å²) in [5.41, 5.74) is 0.842. The van der Waals surface area contributed by atoms with Crippen molar-refractivity contribution >= 4 is 5.69 Å². The van der Waals surface area contributed by atoms with Crippen LogP contribution in [0.3, 0.4) is 0 Å². The number of nitro benzene ring substituents is 1. The largest absolute Gasteiger partial charge is 0.496 e. The van der Waals surface area contributed by atoms with Gasteiger partial charge in [-0.15, -0.1) is 0 Å². The molecule has 0 aliphatic rings. The maximum absolute atomic E-state index is 10.8. The second-order valence-corrected chi connectivity index (χ2v) is 5.22. The Morgan fingerprint density at radius 2 is 2.10 bits per heavy atom. The molecule has 118 valence electrons. The van der Waals surface area contributed by atoms with Crippen LogP contribution in [0, 0.1) is 16.0 Å². The van der Waals surface area contributed by atoms with E-state index in [-0.39, 0.29) is 5.69 Å². The van der Waals surface area contributed by atoms with E-state index in [0.29, 0.717) is 31.4 Å². The summed E-state index contributed by atoms with van der Waals surface area (Å²) in [6.07, 6.45) is 1.05. The lowest BCUT2D eigenvalue weighted by molar-refractivity contribution is -0.384. The summed E-state index contributed by atoms with van der Waals surface area (Å²) in [5.74, 6) is 1.29. The van der Waals surface area contributed by atoms with Crippen LogP contribution in [0.4, 0.5) is 5.69 Å². The van der Waals surface area contributed by atoms with Crippen LogP contribution in [0.2, 0.25) is 0 Å². The van der Waals surface area contributed by atoms with Crippen LogP contribution < -0.4 is 10.1 Å². The SMILES string of the molecule is COc1ccc([N+](=O)[O-])cc1CNCCOCCC(C)C. The van der Waals surface area contributed by atoms with E-state index >= 15 is 0 Å². The third kappa shape index (κ3) is 6.55. The van der Waals surface area contributed by atoms with Gasteiger partial charge in [-0.1, -0.05) is 13.8 Å². The normalized spacial score (nSPS) is 10.9. The van der Waals surface area contributed by atoms with Gasteiger partial charge in [-0.2, -0.15) is 0 Å². The minimum Gasteiger partial charge on any atom is -0.496 e. The van der Waals surface area contributed by atoms with Crippen LogP contribution in [-0.4, -0.2) is 31.8 Å². The lowest BCUT2D eigenvalue weighted by Gasteiger charge is -2.10. The number of rotatable bonds is 10. The third-order valence-corrected chi connectivity index (χ3v) is 3.05. The Kier molecular flexibility index (Phi) is 7.71. The molecule has 1 aromatic carbocycles. The predicted octanol–water partition coefficient (Wildman–Crippen LogP) is 2.76. The van der Waals surface area contributed by atoms with Crippen LogP contribution >= 0.6 is 0 Å². The van der Waals surface area contributed by atoms with Crippen LogP contribution in [-0.2, 0) is 11.3 Å². The Hall–Kier alpha value is -1.66. The van der Waals surface area contributed by atoms with Gasteiger partial charge in [0, 0.05) is 37.4 Å². The average molecular weight is 296 g/mol. The second kappa shape index (κ2) is 9.31. The number of benzene rings is 1. The highest BCUT2D eigenvalue weighted by Crippen LogP contribution is 2.23. The summed E-state index contributed by atoms with van der Waals surface area (Å²) in [6.45, 7) is 6.93. The van der Waals surface area contributed by atoms with E-state index in [2.05, 4.69) is 19.2 Å². The molecule has 0 heterocycles. The first kappa shape index (κ1) is 17.4. The lowest BCUT2D eigenvalue weighted by Crippen LogP contribution is -2.20. The fourth-order valence-corrected chi connectivity index (χ4v) is 1.81. The molecule has 0 saturated carbocycles. The highest BCUT2D eigenvalue weighted by atomic mass is 16.6. The molecule has 0 aliphatic heterocycles. The molecule has 0 fully saturated rings. The summed E-state index contributed by atoms with van der Waals surface area (Å²) in [7, 11) is 1.56. The summed E-state index contributed by atoms with van der Waals surface area (Å²) in [5, 5.41) is 14.0. The highest BCUT2D eigenvalue weighted by molar-refractivity contribution is 5.43. The standard InChI is InChI=1S/C15H24N2O4/c1-12(2)6-8-21-9-7-16-11-13-10-14(17(18)19)4-5-15(13)20-3/h4-5,10,12,16H,6-9,11H2,1-3H3. The molecule has 0 atom stereocenters. The Bertz CT molecular complexity index is 449. The van der Waals surface area contributed by atoms with Gasteiger partial charge >= 0.3 is 0 Å². The third-order valence-electron chi connectivity index (χ3n) is 3.05. The van der Waals surface area contributed by atoms with Crippen LogP contribution in [0.15, 0.2) is 18.2 Å². The second-order valence-electron chi connectivity index (χ2n) is 5.22. The van der Waals surface area contributed by atoms with Crippen LogP contribution in [0.5, 0.6) is 5.75 Å². The zero-order valence-electron chi connectivity index (χ0n) is 12.9. The quantitative estimate of drug-likeness (QED) is 0.408. The van der Waals surface area contributed by atoms with Crippen molar-refractivity contribution in [3.05, 3.63) is 33.9 Å². The molecule has 0 spiro atoms. The molecule has 21 heavy (non-hydrogen) atoms. The van der Waals surface area contributed by atoms with Gasteiger partial charge in [0.25, 0.3) is 5.69 Å². The van der Waals surface area contributed by atoms with E-state index in [1.54, 1.807) is 13.2 Å². The Morgan fingerprint density at radius 1 is 1.33 bits per heavy atom.